The lowest BCUT2D eigenvalue weighted by molar-refractivity contribution is -0.137. The number of pyridine rings is 1. The van der Waals surface area contributed by atoms with Gasteiger partial charge in [-0.2, -0.15) is 18.2 Å². The summed E-state index contributed by atoms with van der Waals surface area (Å²) in [5.41, 5.74) is -0.902. The molecule has 0 radical (unpaired) electrons. The highest BCUT2D eigenvalue weighted by Gasteiger charge is 2.38. The summed E-state index contributed by atoms with van der Waals surface area (Å²) in [6.45, 7) is 3.95. The predicted molar refractivity (Wildman–Crippen MR) is 101 cm³/mol. The summed E-state index contributed by atoms with van der Waals surface area (Å²) < 4.78 is 50.9. The number of halogens is 3. The summed E-state index contributed by atoms with van der Waals surface area (Å²) in [7, 11) is 0. The van der Waals surface area contributed by atoms with Crippen LogP contribution in [0.5, 0.6) is 5.75 Å². The van der Waals surface area contributed by atoms with Crippen LogP contribution in [0.4, 0.5) is 13.2 Å². The third-order valence-corrected chi connectivity index (χ3v) is 5.42. The molecule has 4 rings (SSSR count). The second-order valence-electron chi connectivity index (χ2n) is 7.15. The van der Waals surface area contributed by atoms with Crippen LogP contribution in [-0.4, -0.2) is 26.5 Å². The van der Waals surface area contributed by atoms with Crippen molar-refractivity contribution in [3.63, 3.8) is 0 Å². The number of alkyl halides is 3. The standard InChI is InChI=1S/C21H18F3N3O3/c1-3-20(4-2)10-16(28)13-9-12(5-6-17(13)29-20)18-26-19(30-27-18)14-11-25-8-7-15(14)21(22,23)24/h5-9,11H,3-4,10H2,1-2H3. The molecule has 0 fully saturated rings. The minimum atomic E-state index is -4.59. The molecule has 0 N–H and O–H groups in total. The first-order chi connectivity index (χ1) is 14.3. The molecular weight excluding hydrogens is 399 g/mol. The smallest absolute Gasteiger partial charge is 0.417 e. The molecule has 1 aliphatic rings. The van der Waals surface area contributed by atoms with Crippen molar-refractivity contribution in [3.8, 4) is 28.6 Å². The SMILES string of the molecule is CCC1(CC)CC(=O)c2cc(-c3noc(-c4cnccc4C(F)(F)F)n3)ccc2O1. The Morgan fingerprint density at radius 2 is 1.90 bits per heavy atom. The van der Waals surface area contributed by atoms with Crippen molar-refractivity contribution in [1.29, 1.82) is 0 Å². The van der Waals surface area contributed by atoms with E-state index >= 15 is 0 Å². The number of fused-ring (bicyclic) bond motifs is 1. The van der Waals surface area contributed by atoms with E-state index in [-0.39, 0.29) is 29.5 Å². The Balaban J connectivity index is 1.70. The zero-order valence-corrected chi connectivity index (χ0v) is 16.3. The van der Waals surface area contributed by atoms with Crippen molar-refractivity contribution in [2.45, 2.75) is 44.9 Å². The molecule has 0 unspecified atom stereocenters. The van der Waals surface area contributed by atoms with E-state index in [0.29, 0.717) is 29.7 Å². The number of hydrogen-bond donors (Lipinski definition) is 0. The number of aromatic nitrogens is 3. The lowest BCUT2D eigenvalue weighted by Crippen LogP contribution is -2.40. The van der Waals surface area contributed by atoms with Crippen molar-refractivity contribution >= 4 is 5.78 Å². The lowest BCUT2D eigenvalue weighted by Gasteiger charge is -2.36. The van der Waals surface area contributed by atoms with Crippen molar-refractivity contribution in [2.24, 2.45) is 0 Å². The van der Waals surface area contributed by atoms with Gasteiger partial charge >= 0.3 is 6.18 Å². The Hall–Kier alpha value is -3.23. The van der Waals surface area contributed by atoms with Crippen LogP contribution in [0.15, 0.2) is 41.2 Å². The topological polar surface area (TPSA) is 78.1 Å². The minimum Gasteiger partial charge on any atom is -0.486 e. The number of carbonyl (C=O) groups is 1. The molecule has 0 bridgehead atoms. The van der Waals surface area contributed by atoms with Gasteiger partial charge in [0, 0.05) is 18.0 Å². The highest BCUT2D eigenvalue weighted by molar-refractivity contribution is 6.01. The molecule has 0 saturated carbocycles. The maximum absolute atomic E-state index is 13.2. The van der Waals surface area contributed by atoms with Gasteiger partial charge < -0.3 is 9.26 Å². The number of Topliss-reactive ketones (excluding diaryl/α,β-unsaturated/α-hetero) is 1. The summed E-state index contributed by atoms with van der Waals surface area (Å²) in [6, 6.07) is 5.73. The van der Waals surface area contributed by atoms with Crippen molar-refractivity contribution < 1.29 is 27.2 Å². The van der Waals surface area contributed by atoms with Crippen LogP contribution in [0.3, 0.4) is 0 Å². The molecule has 2 aromatic heterocycles. The van der Waals surface area contributed by atoms with Gasteiger partial charge in [0.2, 0.25) is 5.82 Å². The number of hydrogen-bond acceptors (Lipinski definition) is 6. The molecule has 156 valence electrons. The van der Waals surface area contributed by atoms with E-state index in [1.54, 1.807) is 18.2 Å². The van der Waals surface area contributed by atoms with Crippen LogP contribution in [0.1, 0.15) is 49.0 Å². The molecule has 1 aliphatic heterocycles. The Labute approximate surface area is 170 Å². The van der Waals surface area contributed by atoms with Crippen LogP contribution in [0, 0.1) is 0 Å². The van der Waals surface area contributed by atoms with Gasteiger partial charge in [-0.3, -0.25) is 9.78 Å². The molecule has 30 heavy (non-hydrogen) atoms. The van der Waals surface area contributed by atoms with E-state index in [2.05, 4.69) is 15.1 Å². The molecule has 1 aromatic carbocycles. The molecule has 9 heteroatoms. The second kappa shape index (κ2) is 7.23. The van der Waals surface area contributed by atoms with Crippen molar-refractivity contribution in [1.82, 2.24) is 15.1 Å². The van der Waals surface area contributed by atoms with Crippen LogP contribution in [-0.2, 0) is 6.18 Å². The zero-order chi connectivity index (χ0) is 21.5. The van der Waals surface area contributed by atoms with Gasteiger partial charge in [0.05, 0.1) is 23.1 Å². The molecule has 3 heterocycles. The number of nitrogens with zero attached hydrogens (tertiary/aromatic N) is 3. The first-order valence-corrected chi connectivity index (χ1v) is 9.48. The number of benzene rings is 1. The molecule has 0 atom stereocenters. The van der Waals surface area contributed by atoms with E-state index in [9.17, 15) is 18.0 Å². The monoisotopic (exact) mass is 417 g/mol. The average molecular weight is 417 g/mol. The van der Waals surface area contributed by atoms with E-state index in [0.717, 1.165) is 18.5 Å². The van der Waals surface area contributed by atoms with Gasteiger partial charge in [-0.15, -0.1) is 0 Å². The van der Waals surface area contributed by atoms with Crippen LogP contribution in [0.25, 0.3) is 22.8 Å². The average Bonchev–Trinajstić information content (AvgIpc) is 3.23. The Bertz CT molecular complexity index is 1100. The maximum atomic E-state index is 13.2. The Morgan fingerprint density at radius 1 is 1.13 bits per heavy atom. The Morgan fingerprint density at radius 3 is 2.60 bits per heavy atom. The minimum absolute atomic E-state index is 0.0582. The van der Waals surface area contributed by atoms with Gasteiger partial charge in [0.25, 0.3) is 5.89 Å². The number of carbonyl (C=O) groups excluding carboxylic acids is 1. The van der Waals surface area contributed by atoms with Crippen LogP contribution >= 0.6 is 0 Å². The van der Waals surface area contributed by atoms with Crippen LogP contribution in [0.2, 0.25) is 0 Å². The first-order valence-electron chi connectivity index (χ1n) is 9.48. The fourth-order valence-corrected chi connectivity index (χ4v) is 3.54. The van der Waals surface area contributed by atoms with Gasteiger partial charge in [-0.1, -0.05) is 19.0 Å². The predicted octanol–water partition coefficient (Wildman–Crippen LogP) is 5.34. The summed E-state index contributed by atoms with van der Waals surface area (Å²) >= 11 is 0. The highest BCUT2D eigenvalue weighted by Crippen LogP contribution is 2.39. The molecule has 0 amide bonds. The summed E-state index contributed by atoms with van der Waals surface area (Å²) in [5.74, 6) is 0.188. The van der Waals surface area contributed by atoms with Crippen molar-refractivity contribution in [2.75, 3.05) is 0 Å². The summed E-state index contributed by atoms with van der Waals surface area (Å²) in [6.07, 6.45) is -0.842. The summed E-state index contributed by atoms with van der Waals surface area (Å²) in [5, 5.41) is 3.79. The fraction of sp³-hybridized carbons (Fsp3) is 0.333. The molecular formula is C21H18F3N3O3. The van der Waals surface area contributed by atoms with E-state index in [1.807, 2.05) is 13.8 Å². The lowest BCUT2D eigenvalue weighted by atomic mass is 9.85. The summed E-state index contributed by atoms with van der Waals surface area (Å²) in [4.78, 5) is 20.5. The van der Waals surface area contributed by atoms with E-state index < -0.39 is 17.3 Å². The highest BCUT2D eigenvalue weighted by atomic mass is 19.4. The number of rotatable bonds is 4. The van der Waals surface area contributed by atoms with Gasteiger partial charge in [-0.25, -0.2) is 0 Å². The number of ether oxygens (including phenoxy) is 1. The fourth-order valence-electron chi connectivity index (χ4n) is 3.54. The van der Waals surface area contributed by atoms with Crippen LogP contribution < -0.4 is 4.74 Å². The quantitative estimate of drug-likeness (QED) is 0.570. The third-order valence-electron chi connectivity index (χ3n) is 5.42. The van der Waals surface area contributed by atoms with Gasteiger partial charge in [0.15, 0.2) is 5.78 Å². The molecule has 3 aromatic rings. The van der Waals surface area contributed by atoms with Crippen molar-refractivity contribution in [3.05, 3.63) is 47.8 Å². The molecule has 0 spiro atoms. The first kappa shape index (κ1) is 20.1. The van der Waals surface area contributed by atoms with Gasteiger partial charge in [0.1, 0.15) is 11.4 Å². The van der Waals surface area contributed by atoms with Gasteiger partial charge in [-0.05, 0) is 37.1 Å². The second-order valence-corrected chi connectivity index (χ2v) is 7.15. The molecule has 0 saturated heterocycles. The van der Waals surface area contributed by atoms with E-state index in [1.165, 1.54) is 0 Å². The largest absolute Gasteiger partial charge is 0.486 e. The third kappa shape index (κ3) is 3.44. The number of ketones is 1. The normalized spacial score (nSPS) is 15.6. The Kier molecular flexibility index (Phi) is 4.83. The molecule has 6 nitrogen and oxygen atoms in total. The molecule has 0 aliphatic carbocycles. The maximum Gasteiger partial charge on any atom is 0.417 e. The van der Waals surface area contributed by atoms with E-state index in [4.69, 9.17) is 9.26 Å². The zero-order valence-electron chi connectivity index (χ0n) is 16.3.